The summed E-state index contributed by atoms with van der Waals surface area (Å²) in [6.07, 6.45) is -2.50. The van der Waals surface area contributed by atoms with E-state index in [9.17, 15) is 13.6 Å². The van der Waals surface area contributed by atoms with Gasteiger partial charge in [0.25, 0.3) is 5.91 Å². The number of benzene rings is 1. The zero-order valence-corrected chi connectivity index (χ0v) is 12.9. The molecule has 0 unspecified atom stereocenters. The average molecular weight is 313 g/mol. The maximum atomic E-state index is 12.5. The van der Waals surface area contributed by atoms with Crippen molar-refractivity contribution in [2.24, 2.45) is 5.41 Å². The summed E-state index contributed by atoms with van der Waals surface area (Å²) in [4.78, 5) is 13.9. The van der Waals surface area contributed by atoms with Crippen LogP contribution in [0.5, 0.6) is 5.75 Å². The lowest BCUT2D eigenvalue weighted by Gasteiger charge is -2.48. The van der Waals surface area contributed by atoms with E-state index in [1.165, 1.54) is 0 Å². The lowest BCUT2D eigenvalue weighted by Crippen LogP contribution is -2.57. The summed E-state index contributed by atoms with van der Waals surface area (Å²) in [6, 6.07) is 6.88. The summed E-state index contributed by atoms with van der Waals surface area (Å²) in [7, 11) is 1.59. The minimum atomic E-state index is -2.33. The third-order valence-corrected chi connectivity index (χ3v) is 3.72. The van der Waals surface area contributed by atoms with Crippen molar-refractivity contribution < 1.29 is 23.0 Å². The van der Waals surface area contributed by atoms with E-state index >= 15 is 0 Å². The van der Waals surface area contributed by atoms with Gasteiger partial charge in [0.05, 0.1) is 6.61 Å². The van der Waals surface area contributed by atoms with Crippen molar-refractivity contribution in [3.63, 3.8) is 0 Å². The summed E-state index contributed by atoms with van der Waals surface area (Å²) < 4.78 is 35.3. The number of carbonyl (C=O) groups is 1. The number of ether oxygens (including phenoxy) is 2. The van der Waals surface area contributed by atoms with Gasteiger partial charge in [0.2, 0.25) is 6.43 Å². The average Bonchev–Trinajstić information content (AvgIpc) is 2.44. The Labute approximate surface area is 129 Å². The minimum absolute atomic E-state index is 0.149. The molecule has 1 aliphatic rings. The maximum absolute atomic E-state index is 12.5. The quantitative estimate of drug-likeness (QED) is 0.727. The first-order chi connectivity index (χ1) is 10.4. The molecule has 0 atom stereocenters. The molecule has 1 aliphatic heterocycles. The van der Waals surface area contributed by atoms with Crippen molar-refractivity contribution in [3.05, 3.63) is 29.8 Å². The third kappa shape index (κ3) is 4.16. The van der Waals surface area contributed by atoms with Gasteiger partial charge >= 0.3 is 0 Å². The van der Waals surface area contributed by atoms with Crippen molar-refractivity contribution in [1.29, 1.82) is 0 Å². The Hall–Kier alpha value is -1.69. The molecule has 1 fully saturated rings. The number of halogens is 2. The molecule has 0 saturated carbocycles. The van der Waals surface area contributed by atoms with Crippen LogP contribution in [0.2, 0.25) is 0 Å². The number of rotatable bonds is 7. The van der Waals surface area contributed by atoms with Gasteiger partial charge in [-0.05, 0) is 18.2 Å². The first kappa shape index (κ1) is 16.7. The molecule has 0 aliphatic carbocycles. The molecule has 0 aromatic heterocycles. The summed E-state index contributed by atoms with van der Waals surface area (Å²) in [5.74, 6) is 0.447. The van der Waals surface area contributed by atoms with Gasteiger partial charge < -0.3 is 14.4 Å². The number of hydrogen-bond donors (Lipinski definition) is 0. The van der Waals surface area contributed by atoms with E-state index in [1.54, 1.807) is 43.2 Å². The van der Waals surface area contributed by atoms with E-state index in [-0.39, 0.29) is 12.3 Å². The Balaban J connectivity index is 1.92. The molecule has 1 saturated heterocycles. The van der Waals surface area contributed by atoms with E-state index in [0.717, 1.165) is 0 Å². The first-order valence-electron chi connectivity index (χ1n) is 7.23. The predicted octanol–water partition coefficient (Wildman–Crippen LogP) is 2.83. The topological polar surface area (TPSA) is 38.8 Å². The second-order valence-corrected chi connectivity index (χ2v) is 5.94. The number of alkyl halides is 2. The number of amides is 1. The van der Waals surface area contributed by atoms with Crippen LogP contribution >= 0.6 is 0 Å². The van der Waals surface area contributed by atoms with Gasteiger partial charge in [-0.15, -0.1) is 0 Å². The number of carbonyl (C=O) groups excluding carboxylic acids is 1. The summed E-state index contributed by atoms with van der Waals surface area (Å²) >= 11 is 0. The van der Waals surface area contributed by atoms with Gasteiger partial charge in [-0.3, -0.25) is 4.79 Å². The Kier molecular flexibility index (Phi) is 5.34. The summed E-state index contributed by atoms with van der Waals surface area (Å²) in [5.41, 5.74) is 0.0326. The van der Waals surface area contributed by atoms with Crippen molar-refractivity contribution in [3.8, 4) is 5.75 Å². The van der Waals surface area contributed by atoms with Gasteiger partial charge in [0, 0.05) is 37.6 Å². The van der Waals surface area contributed by atoms with E-state index in [2.05, 4.69) is 0 Å². The van der Waals surface area contributed by atoms with Crippen LogP contribution in [0, 0.1) is 5.41 Å². The van der Waals surface area contributed by atoms with Gasteiger partial charge in [0.1, 0.15) is 12.4 Å². The molecule has 6 heteroatoms. The summed E-state index contributed by atoms with van der Waals surface area (Å²) in [5, 5.41) is 0. The van der Waals surface area contributed by atoms with Crippen molar-refractivity contribution in [1.82, 2.24) is 4.90 Å². The second kappa shape index (κ2) is 7.05. The van der Waals surface area contributed by atoms with Crippen molar-refractivity contribution >= 4 is 5.91 Å². The van der Waals surface area contributed by atoms with E-state index in [0.29, 0.717) is 37.6 Å². The summed E-state index contributed by atoms with van der Waals surface area (Å²) in [6.45, 7) is 3.39. The monoisotopic (exact) mass is 313 g/mol. The predicted molar refractivity (Wildman–Crippen MR) is 78.4 cm³/mol. The smallest absolute Gasteiger partial charge is 0.254 e. The maximum Gasteiger partial charge on any atom is 0.254 e. The molecular formula is C16H21F2NO3. The standard InChI is InChI=1S/C16H21F2NO3/c1-16(9-14(17)18)10-19(11-16)15(20)12-4-3-5-13(8-12)22-7-6-21-2/h3-5,8,14H,6-7,9-11H2,1-2H3. The molecule has 1 amide bonds. The van der Waals surface area contributed by atoms with Gasteiger partial charge in [-0.2, -0.15) is 0 Å². The van der Waals surface area contributed by atoms with Gasteiger partial charge in [0.15, 0.2) is 0 Å². The molecule has 122 valence electrons. The molecule has 0 N–H and O–H groups in total. The van der Waals surface area contributed by atoms with E-state index in [1.807, 2.05) is 0 Å². The van der Waals surface area contributed by atoms with Gasteiger partial charge in [-0.1, -0.05) is 13.0 Å². The van der Waals surface area contributed by atoms with Crippen LogP contribution in [0.3, 0.4) is 0 Å². The van der Waals surface area contributed by atoms with Crippen LogP contribution in [-0.4, -0.2) is 50.6 Å². The molecule has 0 bridgehead atoms. The number of likely N-dealkylation sites (tertiary alicyclic amines) is 1. The molecule has 1 aromatic rings. The fourth-order valence-electron chi connectivity index (χ4n) is 2.66. The molecule has 22 heavy (non-hydrogen) atoms. The van der Waals surface area contributed by atoms with Crippen LogP contribution in [-0.2, 0) is 4.74 Å². The molecule has 1 heterocycles. The molecule has 2 rings (SSSR count). The fourth-order valence-corrected chi connectivity index (χ4v) is 2.66. The highest BCUT2D eigenvalue weighted by Gasteiger charge is 2.43. The molecular weight excluding hydrogens is 292 g/mol. The lowest BCUT2D eigenvalue weighted by atomic mass is 9.78. The largest absolute Gasteiger partial charge is 0.491 e. The second-order valence-electron chi connectivity index (χ2n) is 5.94. The number of nitrogens with zero attached hydrogens (tertiary/aromatic N) is 1. The van der Waals surface area contributed by atoms with Gasteiger partial charge in [-0.25, -0.2) is 8.78 Å². The van der Waals surface area contributed by atoms with Crippen molar-refractivity contribution in [2.75, 3.05) is 33.4 Å². The Morgan fingerprint density at radius 3 is 2.73 bits per heavy atom. The van der Waals surface area contributed by atoms with Crippen LogP contribution in [0.15, 0.2) is 24.3 Å². The Bertz CT molecular complexity index is 516. The highest BCUT2D eigenvalue weighted by Crippen LogP contribution is 2.36. The molecule has 1 aromatic carbocycles. The fraction of sp³-hybridized carbons (Fsp3) is 0.562. The van der Waals surface area contributed by atoms with Crippen LogP contribution < -0.4 is 4.74 Å². The molecule has 0 radical (unpaired) electrons. The minimum Gasteiger partial charge on any atom is -0.491 e. The number of hydrogen-bond acceptors (Lipinski definition) is 3. The SMILES string of the molecule is COCCOc1cccc(C(=O)N2CC(C)(CC(F)F)C2)c1. The molecule has 4 nitrogen and oxygen atoms in total. The first-order valence-corrected chi connectivity index (χ1v) is 7.23. The highest BCUT2D eigenvalue weighted by molar-refractivity contribution is 5.95. The van der Waals surface area contributed by atoms with E-state index < -0.39 is 11.8 Å². The van der Waals surface area contributed by atoms with Crippen LogP contribution in [0.4, 0.5) is 8.78 Å². The van der Waals surface area contributed by atoms with E-state index in [4.69, 9.17) is 9.47 Å². The zero-order valence-electron chi connectivity index (χ0n) is 12.9. The number of methoxy groups -OCH3 is 1. The highest BCUT2D eigenvalue weighted by atomic mass is 19.3. The normalized spacial score (nSPS) is 16.5. The lowest BCUT2D eigenvalue weighted by molar-refractivity contribution is -0.0219. The Morgan fingerprint density at radius 2 is 2.09 bits per heavy atom. The third-order valence-electron chi connectivity index (χ3n) is 3.72. The zero-order chi connectivity index (χ0) is 16.2. The van der Waals surface area contributed by atoms with Crippen LogP contribution in [0.25, 0.3) is 0 Å². The molecule has 0 spiro atoms. The van der Waals surface area contributed by atoms with Crippen molar-refractivity contribution in [2.45, 2.75) is 19.8 Å². The Morgan fingerprint density at radius 1 is 1.36 bits per heavy atom. The van der Waals surface area contributed by atoms with Crippen LogP contribution in [0.1, 0.15) is 23.7 Å².